The van der Waals surface area contributed by atoms with Crippen molar-refractivity contribution in [1.82, 2.24) is 19.5 Å². The van der Waals surface area contributed by atoms with E-state index in [2.05, 4.69) is 15.0 Å². The Balaban J connectivity index is 1.53. The smallest absolute Gasteiger partial charge is 0.395 e. The van der Waals surface area contributed by atoms with Crippen LogP contribution in [0, 0.1) is 5.41 Å². The first-order valence-corrected chi connectivity index (χ1v) is 12.4. The summed E-state index contributed by atoms with van der Waals surface area (Å²) in [5.41, 5.74) is 5.72. The highest BCUT2D eigenvalue weighted by molar-refractivity contribution is 8.13. The van der Waals surface area contributed by atoms with Gasteiger partial charge in [-0.3, -0.25) is 9.36 Å². The number of fused-ring (bicyclic) bond motifs is 1. The lowest BCUT2D eigenvalue weighted by atomic mass is 9.97. The van der Waals surface area contributed by atoms with Crippen LogP contribution in [0.5, 0.6) is 0 Å². The summed E-state index contributed by atoms with van der Waals surface area (Å²) in [7, 11) is -2.52. The maximum absolute atomic E-state index is 12.0. The first-order valence-electron chi connectivity index (χ1n) is 9.95. The topological polar surface area (TPSA) is 172 Å². The second-order valence-electron chi connectivity index (χ2n) is 8.24. The van der Waals surface area contributed by atoms with Crippen LogP contribution >= 0.6 is 31.6 Å². The number of rotatable bonds is 10. The molecule has 2 aromatic rings. The summed E-state index contributed by atoms with van der Waals surface area (Å²) in [6.45, 7) is 4.34. The number of nitrogens with two attached hydrogens (primary N) is 1. The molecule has 15 heteroatoms. The maximum Gasteiger partial charge on any atom is 0.697 e. The number of aliphatic hydroxyl groups is 2. The minimum absolute atomic E-state index is 0.000798. The Kier molecular flexibility index (Phi) is 8.28. The first kappa shape index (κ1) is 26.2. The second-order valence-corrected chi connectivity index (χ2v) is 11.1. The van der Waals surface area contributed by atoms with Gasteiger partial charge in [-0.05, 0) is 20.8 Å². The first-order chi connectivity index (χ1) is 15.5. The molecular weight excluding hydrogens is 497 g/mol. The zero-order valence-corrected chi connectivity index (χ0v) is 20.7. The van der Waals surface area contributed by atoms with Crippen molar-refractivity contribution in [1.29, 1.82) is 0 Å². The Bertz CT molecular complexity index is 1020. The number of carbonyl (C=O) groups excluding carboxylic acids is 1. The number of halogens is 1. The Morgan fingerprint density at radius 2 is 2.15 bits per heavy atom. The summed E-state index contributed by atoms with van der Waals surface area (Å²) in [6, 6.07) is 0. The molecule has 0 aliphatic carbocycles. The monoisotopic (exact) mass is 522 g/mol. The van der Waals surface area contributed by atoms with E-state index in [1.807, 2.05) is 0 Å². The Labute approximate surface area is 200 Å². The van der Waals surface area contributed by atoms with Crippen molar-refractivity contribution in [3.8, 4) is 0 Å². The van der Waals surface area contributed by atoms with Gasteiger partial charge in [-0.2, -0.15) is 0 Å². The van der Waals surface area contributed by atoms with Gasteiger partial charge >= 0.3 is 8.25 Å². The van der Waals surface area contributed by atoms with Crippen LogP contribution in [0.1, 0.15) is 27.0 Å². The number of thioether (sulfide) groups is 1. The minimum Gasteiger partial charge on any atom is -0.395 e. The van der Waals surface area contributed by atoms with Gasteiger partial charge in [0.2, 0.25) is 0 Å². The molecule has 4 N–H and O–H groups in total. The number of alkyl halides is 1. The summed E-state index contributed by atoms with van der Waals surface area (Å²) in [5.74, 6) is 0.442. The quantitative estimate of drug-likeness (QED) is 0.234. The molecule has 1 aliphatic heterocycles. The lowest BCUT2D eigenvalue weighted by Gasteiger charge is -2.26. The van der Waals surface area contributed by atoms with E-state index in [0.29, 0.717) is 11.2 Å². The molecule has 1 aliphatic rings. The number of nitrogen functional groups attached to an aromatic ring is 1. The van der Waals surface area contributed by atoms with E-state index < -0.39 is 37.0 Å². The van der Waals surface area contributed by atoms with Crippen LogP contribution in [-0.2, 0) is 23.1 Å². The van der Waals surface area contributed by atoms with Crippen molar-refractivity contribution in [2.75, 3.05) is 31.3 Å². The number of imidazole rings is 1. The van der Waals surface area contributed by atoms with Crippen LogP contribution in [0.3, 0.4) is 0 Å². The predicted molar refractivity (Wildman–Crippen MR) is 122 cm³/mol. The van der Waals surface area contributed by atoms with Crippen molar-refractivity contribution in [2.24, 2.45) is 5.41 Å². The number of hydrogen-bond acceptors (Lipinski definition) is 12. The molecule has 5 atom stereocenters. The van der Waals surface area contributed by atoms with Crippen LogP contribution in [0.25, 0.3) is 11.2 Å². The molecule has 0 radical (unpaired) electrons. The second kappa shape index (κ2) is 10.4. The number of aliphatic hydroxyl groups excluding tert-OH is 2. The van der Waals surface area contributed by atoms with Gasteiger partial charge in [0.05, 0.1) is 18.3 Å². The molecule has 1 fully saturated rings. The van der Waals surface area contributed by atoms with Gasteiger partial charge in [-0.15, -0.1) is 20.6 Å². The van der Waals surface area contributed by atoms with Gasteiger partial charge < -0.3 is 20.7 Å². The van der Waals surface area contributed by atoms with Gasteiger partial charge in [0, 0.05) is 10.3 Å². The van der Waals surface area contributed by atoms with Crippen molar-refractivity contribution in [2.45, 2.75) is 44.1 Å². The molecule has 33 heavy (non-hydrogen) atoms. The lowest BCUT2D eigenvalue weighted by Crippen LogP contribution is -2.39. The summed E-state index contributed by atoms with van der Waals surface area (Å²) in [4.78, 5) is 22.9. The standard InChI is InChI=1S/C18H26ClN5O7PS/c1-17(2,7-25)16(27)33-5-4-29-32(28)30-6-10-12(26)18(3,19)15(31-10)24-9-23-11-13(20)21-8-22-14(11)24/h8-10,12,15,25-26H,4-7H2,1-3H3,(H2,20,21,22)/q+1/t10-,12-,15-,18-/m1/s1. The fourth-order valence-corrected chi connectivity index (χ4v) is 4.88. The largest absolute Gasteiger partial charge is 0.697 e. The van der Waals surface area contributed by atoms with E-state index in [4.69, 9.17) is 31.1 Å². The van der Waals surface area contributed by atoms with Crippen molar-refractivity contribution in [3.05, 3.63) is 12.7 Å². The van der Waals surface area contributed by atoms with Gasteiger partial charge in [0.25, 0.3) is 0 Å². The predicted octanol–water partition coefficient (Wildman–Crippen LogP) is 1.63. The average Bonchev–Trinajstić information content (AvgIpc) is 3.29. The van der Waals surface area contributed by atoms with E-state index >= 15 is 0 Å². The number of nitrogens with zero attached hydrogens (tertiary/aromatic N) is 4. The lowest BCUT2D eigenvalue weighted by molar-refractivity contribution is -0.119. The third kappa shape index (κ3) is 5.63. The van der Waals surface area contributed by atoms with E-state index in [-0.39, 0.29) is 36.5 Å². The third-order valence-electron chi connectivity index (χ3n) is 5.16. The van der Waals surface area contributed by atoms with Crippen LogP contribution in [0.15, 0.2) is 12.7 Å². The molecule has 0 bridgehead atoms. The molecule has 2 aromatic heterocycles. The molecule has 3 heterocycles. The summed E-state index contributed by atoms with van der Waals surface area (Å²) >= 11 is 7.57. The van der Waals surface area contributed by atoms with E-state index in [0.717, 1.165) is 11.8 Å². The van der Waals surface area contributed by atoms with Gasteiger partial charge in [0.15, 0.2) is 22.8 Å². The summed E-state index contributed by atoms with van der Waals surface area (Å²) < 4.78 is 29.8. The van der Waals surface area contributed by atoms with E-state index in [9.17, 15) is 19.6 Å². The molecule has 0 spiro atoms. The van der Waals surface area contributed by atoms with Crippen molar-refractivity contribution < 1.29 is 33.4 Å². The molecule has 0 aromatic carbocycles. The van der Waals surface area contributed by atoms with Crippen LogP contribution in [-0.4, -0.2) is 77.5 Å². The fraction of sp³-hybridized carbons (Fsp3) is 0.667. The minimum atomic E-state index is -2.52. The number of aromatic nitrogens is 4. The van der Waals surface area contributed by atoms with Crippen molar-refractivity contribution >= 4 is 53.7 Å². The van der Waals surface area contributed by atoms with Crippen LogP contribution < -0.4 is 5.73 Å². The molecule has 12 nitrogen and oxygen atoms in total. The van der Waals surface area contributed by atoms with E-state index in [1.165, 1.54) is 12.7 Å². The van der Waals surface area contributed by atoms with E-state index in [1.54, 1.807) is 25.3 Å². The zero-order valence-electron chi connectivity index (χ0n) is 18.3. The SMILES string of the molecule is CC(C)(CO)C(=O)SCCO[P+](=O)OC[C@H]1O[C@@H](n2cnc3c(N)ncnc32)[C@](C)(Cl)[C@@H]1O. The molecule has 1 unspecified atom stereocenters. The maximum atomic E-state index is 12.0. The Morgan fingerprint density at radius 3 is 2.85 bits per heavy atom. The number of hydrogen-bond donors (Lipinski definition) is 3. The number of carbonyl (C=O) groups is 1. The third-order valence-corrected chi connectivity index (χ3v) is 7.51. The number of anilines is 1. The average molecular weight is 523 g/mol. The summed E-state index contributed by atoms with van der Waals surface area (Å²) in [6.07, 6.45) is -0.210. The van der Waals surface area contributed by atoms with Crippen LogP contribution in [0.2, 0.25) is 0 Å². The highest BCUT2D eigenvalue weighted by Gasteiger charge is 2.54. The van der Waals surface area contributed by atoms with Gasteiger partial charge in [-0.1, -0.05) is 11.8 Å². The summed E-state index contributed by atoms with van der Waals surface area (Å²) in [5, 5.41) is 19.7. The zero-order chi connectivity index (χ0) is 24.4. The van der Waals surface area contributed by atoms with Crippen LogP contribution in [0.4, 0.5) is 5.82 Å². The highest BCUT2D eigenvalue weighted by atomic mass is 35.5. The van der Waals surface area contributed by atoms with Gasteiger partial charge in [0.1, 0.15) is 42.1 Å². The molecule has 0 saturated carbocycles. The molecule has 1 saturated heterocycles. The molecule has 182 valence electrons. The number of ether oxygens (including phenoxy) is 1. The Morgan fingerprint density at radius 1 is 1.42 bits per heavy atom. The Hall–Kier alpha value is -1.44. The van der Waals surface area contributed by atoms with Gasteiger partial charge in [-0.25, -0.2) is 15.0 Å². The normalized spacial score (nSPS) is 26.1. The molecule has 0 amide bonds. The van der Waals surface area contributed by atoms with Crippen molar-refractivity contribution in [3.63, 3.8) is 0 Å². The fourth-order valence-electron chi connectivity index (χ4n) is 3.07. The molecule has 3 rings (SSSR count). The molecular formula is C18H26ClN5O7PS+. The highest BCUT2D eigenvalue weighted by Crippen LogP contribution is 2.45.